The summed E-state index contributed by atoms with van der Waals surface area (Å²) in [5, 5.41) is 6.00. The van der Waals surface area contributed by atoms with Crippen molar-refractivity contribution < 1.29 is 41.8 Å². The zero-order valence-electron chi connectivity index (χ0n) is 37.4. The van der Waals surface area contributed by atoms with Gasteiger partial charge in [0.15, 0.2) is 0 Å². The van der Waals surface area contributed by atoms with Gasteiger partial charge in [-0.15, -0.1) is 6.58 Å². The molecule has 5 fully saturated rings. The molecule has 63 heavy (non-hydrogen) atoms. The number of pyridine rings is 1. The number of cyclic esters (lactones) is 1. The monoisotopic (exact) mass is 890 g/mol. The van der Waals surface area contributed by atoms with Gasteiger partial charge >= 0.3 is 6.09 Å². The van der Waals surface area contributed by atoms with Crippen molar-refractivity contribution in [3.05, 3.63) is 36.4 Å². The molecule has 1 saturated heterocycles. The molecule has 4 aliphatic carbocycles. The highest BCUT2D eigenvalue weighted by atomic mass is 32.2. The summed E-state index contributed by atoms with van der Waals surface area (Å²) in [6.07, 6.45) is 13.5. The maximum absolute atomic E-state index is 15.1. The van der Waals surface area contributed by atoms with Crippen molar-refractivity contribution in [1.82, 2.24) is 25.2 Å². The van der Waals surface area contributed by atoms with Gasteiger partial charge in [0.2, 0.25) is 21.8 Å². The highest BCUT2D eigenvalue weighted by Crippen LogP contribution is 2.46. The molecule has 2 aliphatic heterocycles. The molecule has 2 aromatic rings. The zero-order valence-corrected chi connectivity index (χ0v) is 38.2. The van der Waals surface area contributed by atoms with Crippen LogP contribution < -0.4 is 29.7 Å². The molecule has 3 N–H and O–H groups in total. The van der Waals surface area contributed by atoms with E-state index in [2.05, 4.69) is 53.8 Å². The van der Waals surface area contributed by atoms with E-state index >= 15 is 4.79 Å². The number of aryl methyl sites for hydroxylation is 1. The SMILES string of the molecule is C=C[C@H]1C[C@]1(NC(=O)[C@@H]1C[C@@H]2CN1C(=O)[C@H](C1CCCCC1)NC(=O)OCC(C)(C)CCCc1cc3c(cc(N(C)C4CCCCC4)nc3cc1OC)O2)C(=O)NS(=O)(=O)C1CC1. The first-order chi connectivity index (χ1) is 30.1. The molecule has 0 radical (unpaired) electrons. The van der Waals surface area contributed by atoms with Gasteiger partial charge in [-0.1, -0.05) is 58.4 Å². The van der Waals surface area contributed by atoms with Gasteiger partial charge in [-0.2, -0.15) is 0 Å². The van der Waals surface area contributed by atoms with Crippen molar-refractivity contribution in [2.24, 2.45) is 17.3 Å². The molecule has 344 valence electrons. The third kappa shape index (κ3) is 9.75. The van der Waals surface area contributed by atoms with Crippen molar-refractivity contribution in [2.45, 2.75) is 158 Å². The number of amides is 4. The Morgan fingerprint density at radius 2 is 1.73 bits per heavy atom. The standard InChI is InChI=1S/C47H66N6O9S/c1-6-31-26-47(31,44(56)51-63(58,59)34-19-20-34)50-42(54)37-23-33-27-53(37)43(55)41(29-14-9-7-10-15-29)49-45(57)61-28-46(2,3)21-13-16-30-22-35-36(24-38(30)60-5)48-40(25-39(35)62-33)52(4)32-17-11-8-12-18-32/h6,22,24-25,29,31-34,37,41H,1,7-21,23,26-28H2,2-5H3,(H,49,57)(H,50,54)(H,51,56)/t31-,33+,37-,41-,47+/m0/s1. The maximum Gasteiger partial charge on any atom is 0.407 e. The minimum atomic E-state index is -3.91. The quantitative estimate of drug-likeness (QED) is 0.235. The average molecular weight is 891 g/mol. The normalized spacial score (nSPS) is 28.5. The van der Waals surface area contributed by atoms with E-state index in [0.29, 0.717) is 42.3 Å². The van der Waals surface area contributed by atoms with Crippen molar-refractivity contribution in [3.8, 4) is 11.5 Å². The van der Waals surface area contributed by atoms with Crippen LogP contribution in [0, 0.1) is 17.3 Å². The maximum atomic E-state index is 15.1. The third-order valence-electron chi connectivity index (χ3n) is 14.6. The molecule has 4 bridgehead atoms. The number of hydrogen-bond donors (Lipinski definition) is 3. The van der Waals surface area contributed by atoms with Gasteiger partial charge in [-0.3, -0.25) is 19.1 Å². The molecule has 15 nitrogen and oxygen atoms in total. The Morgan fingerprint density at radius 1 is 1.02 bits per heavy atom. The number of benzene rings is 1. The first-order valence-corrected chi connectivity index (χ1v) is 24.8. The highest BCUT2D eigenvalue weighted by Gasteiger charge is 2.62. The summed E-state index contributed by atoms with van der Waals surface area (Å²) in [5.41, 5.74) is -0.241. The molecule has 8 rings (SSSR count). The summed E-state index contributed by atoms with van der Waals surface area (Å²) in [6, 6.07) is 4.23. The lowest BCUT2D eigenvalue weighted by Gasteiger charge is -2.35. The summed E-state index contributed by atoms with van der Waals surface area (Å²) in [7, 11) is -0.185. The number of aromatic nitrogens is 1. The Labute approximate surface area is 371 Å². The van der Waals surface area contributed by atoms with E-state index in [1.54, 1.807) is 13.2 Å². The lowest BCUT2D eigenvalue weighted by Crippen LogP contribution is -2.59. The fourth-order valence-corrected chi connectivity index (χ4v) is 11.8. The van der Waals surface area contributed by atoms with Crippen molar-refractivity contribution in [2.75, 3.05) is 32.2 Å². The Balaban J connectivity index is 1.18. The number of carbonyl (C=O) groups is 4. The minimum absolute atomic E-state index is 0.0185. The number of methoxy groups -OCH3 is 1. The average Bonchev–Trinajstić information content (AvgIpc) is 4.21. The van der Waals surface area contributed by atoms with E-state index in [1.807, 2.05) is 12.1 Å². The van der Waals surface area contributed by atoms with Gasteiger partial charge in [0.25, 0.3) is 5.91 Å². The number of carbonyl (C=O) groups excluding carboxylic acids is 4. The fraction of sp³-hybridized carbons (Fsp3) is 0.681. The van der Waals surface area contributed by atoms with E-state index in [-0.39, 0.29) is 37.3 Å². The van der Waals surface area contributed by atoms with Gasteiger partial charge in [0, 0.05) is 42.9 Å². The predicted molar refractivity (Wildman–Crippen MR) is 239 cm³/mol. The van der Waals surface area contributed by atoms with Crippen molar-refractivity contribution in [1.29, 1.82) is 0 Å². The summed E-state index contributed by atoms with van der Waals surface area (Å²) in [6.45, 7) is 8.12. The molecule has 4 amide bonds. The van der Waals surface area contributed by atoms with Crippen LogP contribution in [-0.2, 0) is 35.6 Å². The van der Waals surface area contributed by atoms with Crippen molar-refractivity contribution in [3.63, 3.8) is 0 Å². The Hall–Kier alpha value is -4.60. The molecular formula is C47H66N6O9S. The van der Waals surface area contributed by atoms with Crippen LogP contribution in [0.3, 0.4) is 0 Å². The fourth-order valence-electron chi connectivity index (χ4n) is 10.4. The van der Waals surface area contributed by atoms with E-state index in [1.165, 1.54) is 11.3 Å². The molecular weight excluding hydrogens is 825 g/mol. The van der Waals surface area contributed by atoms with Gasteiger partial charge in [-0.25, -0.2) is 18.2 Å². The van der Waals surface area contributed by atoms with Gasteiger partial charge in [-0.05, 0) is 87.2 Å². The summed E-state index contributed by atoms with van der Waals surface area (Å²) >= 11 is 0. The molecule has 1 aromatic carbocycles. The summed E-state index contributed by atoms with van der Waals surface area (Å²) < 4.78 is 46.8. The zero-order chi connectivity index (χ0) is 44.7. The second kappa shape index (κ2) is 18.1. The van der Waals surface area contributed by atoms with Crippen LogP contribution in [0.4, 0.5) is 10.6 Å². The number of anilines is 1. The topological polar surface area (TPSA) is 186 Å². The van der Waals surface area contributed by atoms with Crippen LogP contribution in [0.1, 0.15) is 122 Å². The molecule has 1 aromatic heterocycles. The summed E-state index contributed by atoms with van der Waals surface area (Å²) in [5.74, 6) is -0.518. The lowest BCUT2D eigenvalue weighted by molar-refractivity contribution is -0.142. The Kier molecular flexibility index (Phi) is 12.9. The molecule has 0 spiro atoms. The second-order valence-electron chi connectivity index (χ2n) is 19.8. The molecule has 16 heteroatoms. The molecule has 0 unspecified atom stereocenters. The van der Waals surface area contributed by atoms with Crippen LogP contribution in [0.15, 0.2) is 30.9 Å². The number of alkyl carbamates (subject to hydrolysis) is 1. The van der Waals surface area contributed by atoms with Gasteiger partial charge < -0.3 is 34.6 Å². The number of hydrogen-bond acceptors (Lipinski definition) is 11. The predicted octanol–water partition coefficient (Wildman–Crippen LogP) is 6.07. The lowest BCUT2D eigenvalue weighted by atomic mass is 9.83. The first-order valence-electron chi connectivity index (χ1n) is 23.3. The third-order valence-corrected chi connectivity index (χ3v) is 16.4. The second-order valence-corrected chi connectivity index (χ2v) is 21.8. The molecule has 3 heterocycles. The van der Waals surface area contributed by atoms with Gasteiger partial charge in [0.1, 0.15) is 41.0 Å². The van der Waals surface area contributed by atoms with E-state index < -0.39 is 68.7 Å². The van der Waals surface area contributed by atoms with Crippen LogP contribution in [0.25, 0.3) is 10.9 Å². The van der Waals surface area contributed by atoms with E-state index in [0.717, 1.165) is 87.4 Å². The Bertz CT molecular complexity index is 2200. The number of nitrogens with zero attached hydrogens (tertiary/aromatic N) is 3. The molecule has 6 aliphatic rings. The minimum Gasteiger partial charge on any atom is -0.496 e. The number of ether oxygens (including phenoxy) is 3. The molecule has 5 atom stereocenters. The van der Waals surface area contributed by atoms with E-state index in [4.69, 9.17) is 19.2 Å². The molecule has 4 saturated carbocycles. The van der Waals surface area contributed by atoms with Crippen molar-refractivity contribution >= 4 is 50.6 Å². The van der Waals surface area contributed by atoms with Crippen LogP contribution >= 0.6 is 0 Å². The van der Waals surface area contributed by atoms with Crippen LogP contribution in [0.2, 0.25) is 0 Å². The smallest absolute Gasteiger partial charge is 0.407 e. The first kappa shape index (κ1) is 45.0. The summed E-state index contributed by atoms with van der Waals surface area (Å²) in [4.78, 5) is 66.2. The van der Waals surface area contributed by atoms with Crippen LogP contribution in [0.5, 0.6) is 11.5 Å². The largest absolute Gasteiger partial charge is 0.496 e. The number of nitrogens with one attached hydrogen (secondary N) is 3. The van der Waals surface area contributed by atoms with Crippen LogP contribution in [-0.4, -0.2) is 104 Å². The van der Waals surface area contributed by atoms with Gasteiger partial charge in [0.05, 0.1) is 31.0 Å². The number of fused-ring (bicyclic) bond motifs is 3. The number of sulfonamides is 1. The number of rotatable bonds is 10. The Morgan fingerprint density at radius 3 is 2.40 bits per heavy atom. The van der Waals surface area contributed by atoms with E-state index in [9.17, 15) is 22.8 Å². The highest BCUT2D eigenvalue weighted by molar-refractivity contribution is 7.91.